The quantitative estimate of drug-likeness (QED) is 0.583. The first kappa shape index (κ1) is 18.7. The summed E-state index contributed by atoms with van der Waals surface area (Å²) in [5.41, 5.74) is 0.715. The zero-order valence-corrected chi connectivity index (χ0v) is 15.2. The number of anilines is 2. The highest BCUT2D eigenvalue weighted by Crippen LogP contribution is 2.25. The van der Waals surface area contributed by atoms with Crippen LogP contribution in [0.3, 0.4) is 0 Å². The lowest BCUT2D eigenvalue weighted by Crippen LogP contribution is -2.28. The van der Waals surface area contributed by atoms with Crippen molar-refractivity contribution in [3.8, 4) is 5.75 Å². The number of carbonyl (C=O) groups is 2. The highest BCUT2D eigenvalue weighted by Gasteiger charge is 2.30. The average Bonchev–Trinajstić information content (AvgIpc) is 2.98. The van der Waals surface area contributed by atoms with Gasteiger partial charge in [-0.2, -0.15) is 0 Å². The van der Waals surface area contributed by atoms with Gasteiger partial charge in [-0.1, -0.05) is 18.7 Å². The Balaban J connectivity index is 1.78. The van der Waals surface area contributed by atoms with E-state index in [1.54, 1.807) is 30.3 Å². The number of nitrogens with one attached hydrogen (secondary N) is 1. The van der Waals surface area contributed by atoms with E-state index < -0.39 is 10.0 Å². The van der Waals surface area contributed by atoms with Crippen LogP contribution in [0.15, 0.2) is 66.1 Å². The van der Waals surface area contributed by atoms with Gasteiger partial charge in [-0.05, 0) is 36.4 Å². The molecule has 1 aliphatic rings. The molecular weight excluding hydrogens is 368 g/mol. The molecular formula is C19H18N2O5S. The minimum absolute atomic E-state index is 0.0164. The molecule has 140 valence electrons. The van der Waals surface area contributed by atoms with Gasteiger partial charge in [0.05, 0.1) is 16.3 Å². The highest BCUT2D eigenvalue weighted by molar-refractivity contribution is 7.92. The Bertz CT molecular complexity index is 967. The number of rotatable bonds is 7. The lowest BCUT2D eigenvalue weighted by molar-refractivity contribution is -0.121. The van der Waals surface area contributed by atoms with Gasteiger partial charge in [-0.15, -0.1) is 0 Å². The second kappa shape index (κ2) is 7.63. The molecule has 0 radical (unpaired) electrons. The molecule has 0 spiro atoms. The predicted octanol–water partition coefficient (Wildman–Crippen LogP) is 2.71. The number of nitrogens with zero attached hydrogens (tertiary/aromatic N) is 1. The molecule has 0 atom stereocenters. The molecule has 0 saturated carbocycles. The van der Waals surface area contributed by atoms with Crippen molar-refractivity contribution in [3.05, 3.63) is 61.2 Å². The van der Waals surface area contributed by atoms with Gasteiger partial charge in [-0.25, -0.2) is 8.42 Å². The lowest BCUT2D eigenvalue weighted by Gasteiger charge is -2.14. The van der Waals surface area contributed by atoms with E-state index in [0.717, 1.165) is 4.90 Å². The van der Waals surface area contributed by atoms with Crippen LogP contribution in [-0.2, 0) is 19.6 Å². The second-order valence-corrected chi connectivity index (χ2v) is 7.53. The van der Waals surface area contributed by atoms with Crippen molar-refractivity contribution in [2.75, 3.05) is 16.2 Å². The van der Waals surface area contributed by atoms with Crippen LogP contribution in [0.2, 0.25) is 0 Å². The van der Waals surface area contributed by atoms with Gasteiger partial charge in [0.25, 0.3) is 10.0 Å². The minimum Gasteiger partial charge on any atom is -0.489 e. The third-order valence-corrected chi connectivity index (χ3v) is 5.31. The minimum atomic E-state index is -3.83. The van der Waals surface area contributed by atoms with Crippen LogP contribution >= 0.6 is 0 Å². The third-order valence-electron chi connectivity index (χ3n) is 3.91. The van der Waals surface area contributed by atoms with Crippen molar-refractivity contribution in [1.29, 1.82) is 0 Å². The van der Waals surface area contributed by atoms with Crippen LogP contribution in [0, 0.1) is 0 Å². The fraction of sp³-hybridized carbons (Fsp3) is 0.158. The van der Waals surface area contributed by atoms with Gasteiger partial charge >= 0.3 is 0 Å². The number of benzene rings is 2. The summed E-state index contributed by atoms with van der Waals surface area (Å²) >= 11 is 0. The number of hydrogen-bond acceptors (Lipinski definition) is 5. The molecule has 2 aromatic carbocycles. The number of amides is 2. The average molecular weight is 386 g/mol. The topological polar surface area (TPSA) is 92.8 Å². The van der Waals surface area contributed by atoms with Crippen molar-refractivity contribution >= 4 is 33.2 Å². The number of imide groups is 1. The fourth-order valence-electron chi connectivity index (χ4n) is 2.66. The Hall–Kier alpha value is -3.13. The van der Waals surface area contributed by atoms with Gasteiger partial charge in [0, 0.05) is 18.9 Å². The van der Waals surface area contributed by atoms with Crippen molar-refractivity contribution < 1.29 is 22.7 Å². The summed E-state index contributed by atoms with van der Waals surface area (Å²) < 4.78 is 33.0. The number of hydrogen-bond donors (Lipinski definition) is 1. The first-order valence-electron chi connectivity index (χ1n) is 8.23. The maximum absolute atomic E-state index is 12.6. The molecule has 2 aromatic rings. The largest absolute Gasteiger partial charge is 0.489 e. The summed E-state index contributed by atoms with van der Waals surface area (Å²) in [5.74, 6) is -0.0633. The molecule has 0 bridgehead atoms. The Kier molecular flexibility index (Phi) is 5.27. The van der Waals surface area contributed by atoms with Crippen molar-refractivity contribution in [1.82, 2.24) is 0 Å². The number of sulfonamides is 1. The molecule has 1 heterocycles. The fourth-order valence-corrected chi connectivity index (χ4v) is 3.71. The number of ether oxygens (including phenoxy) is 1. The van der Waals surface area contributed by atoms with E-state index in [-0.39, 0.29) is 29.6 Å². The first-order chi connectivity index (χ1) is 12.9. The van der Waals surface area contributed by atoms with E-state index in [0.29, 0.717) is 23.7 Å². The van der Waals surface area contributed by atoms with Gasteiger partial charge in [-0.3, -0.25) is 19.2 Å². The van der Waals surface area contributed by atoms with Gasteiger partial charge < -0.3 is 4.74 Å². The molecule has 1 N–H and O–H groups in total. The molecule has 0 aliphatic carbocycles. The van der Waals surface area contributed by atoms with Crippen LogP contribution < -0.4 is 14.4 Å². The third kappa shape index (κ3) is 4.17. The Morgan fingerprint density at radius 1 is 1.07 bits per heavy atom. The maximum atomic E-state index is 12.6. The zero-order chi connectivity index (χ0) is 19.4. The predicted molar refractivity (Wildman–Crippen MR) is 101 cm³/mol. The first-order valence-corrected chi connectivity index (χ1v) is 9.71. The number of carbonyl (C=O) groups excluding carboxylic acids is 2. The maximum Gasteiger partial charge on any atom is 0.261 e. The summed E-state index contributed by atoms with van der Waals surface area (Å²) in [6.07, 6.45) is 1.93. The summed E-state index contributed by atoms with van der Waals surface area (Å²) in [7, 11) is -3.83. The van der Waals surface area contributed by atoms with Crippen LogP contribution in [0.4, 0.5) is 11.4 Å². The molecule has 27 heavy (non-hydrogen) atoms. The van der Waals surface area contributed by atoms with Crippen molar-refractivity contribution in [2.45, 2.75) is 17.7 Å². The van der Waals surface area contributed by atoms with Crippen LogP contribution in [-0.4, -0.2) is 26.8 Å². The SMILES string of the molecule is C=CCOc1cccc(NS(=O)(=O)c2ccc(N3C(=O)CCC3=O)cc2)c1. The van der Waals surface area contributed by atoms with Crippen LogP contribution in [0.25, 0.3) is 0 Å². The van der Waals surface area contributed by atoms with Gasteiger partial charge in [0.15, 0.2) is 0 Å². The summed E-state index contributed by atoms with van der Waals surface area (Å²) in [6.45, 7) is 3.87. The summed E-state index contributed by atoms with van der Waals surface area (Å²) in [6, 6.07) is 12.1. The Labute approximate surface area is 157 Å². The molecule has 1 fully saturated rings. The van der Waals surface area contributed by atoms with E-state index >= 15 is 0 Å². The monoisotopic (exact) mass is 386 g/mol. The Morgan fingerprint density at radius 3 is 2.37 bits per heavy atom. The summed E-state index contributed by atoms with van der Waals surface area (Å²) in [4.78, 5) is 24.6. The van der Waals surface area contributed by atoms with E-state index in [1.165, 1.54) is 24.3 Å². The standard InChI is InChI=1S/C19H18N2O5S/c1-2-12-26-16-5-3-4-14(13-16)20-27(24,25)17-8-6-15(7-9-17)21-18(22)10-11-19(21)23/h2-9,13,20H,1,10-12H2. The highest BCUT2D eigenvalue weighted by atomic mass is 32.2. The smallest absolute Gasteiger partial charge is 0.261 e. The van der Waals surface area contributed by atoms with E-state index in [9.17, 15) is 18.0 Å². The van der Waals surface area contributed by atoms with E-state index in [1.807, 2.05) is 0 Å². The lowest BCUT2D eigenvalue weighted by atomic mass is 10.3. The van der Waals surface area contributed by atoms with Crippen LogP contribution in [0.1, 0.15) is 12.8 Å². The van der Waals surface area contributed by atoms with Crippen molar-refractivity contribution in [2.24, 2.45) is 0 Å². The van der Waals surface area contributed by atoms with E-state index in [4.69, 9.17) is 4.74 Å². The molecule has 8 heteroatoms. The van der Waals surface area contributed by atoms with Gasteiger partial charge in [0.2, 0.25) is 11.8 Å². The molecule has 0 aromatic heterocycles. The normalized spacial score (nSPS) is 14.3. The Morgan fingerprint density at radius 2 is 1.74 bits per heavy atom. The van der Waals surface area contributed by atoms with Crippen LogP contribution in [0.5, 0.6) is 5.75 Å². The van der Waals surface area contributed by atoms with Gasteiger partial charge in [0.1, 0.15) is 12.4 Å². The molecule has 2 amide bonds. The molecule has 1 saturated heterocycles. The van der Waals surface area contributed by atoms with Crippen molar-refractivity contribution in [3.63, 3.8) is 0 Å². The van der Waals surface area contributed by atoms with E-state index in [2.05, 4.69) is 11.3 Å². The second-order valence-electron chi connectivity index (χ2n) is 5.85. The zero-order valence-electron chi connectivity index (χ0n) is 14.4. The molecule has 7 nitrogen and oxygen atoms in total. The molecule has 3 rings (SSSR count). The summed E-state index contributed by atoms with van der Waals surface area (Å²) in [5, 5.41) is 0. The molecule has 1 aliphatic heterocycles. The molecule has 0 unspecified atom stereocenters.